The number of rotatable bonds is 2. The molecule has 2 nitrogen and oxygen atoms in total. The molecule has 0 aliphatic heterocycles. The Morgan fingerprint density at radius 3 is 2.77 bits per heavy atom. The fraction of sp³-hybridized carbons (Fsp3) is 0.125. The van der Waals surface area contributed by atoms with Crippen molar-refractivity contribution in [2.45, 2.75) is 4.90 Å². The fourth-order valence-electron chi connectivity index (χ4n) is 0.791. The van der Waals surface area contributed by atoms with E-state index in [-0.39, 0.29) is 16.3 Å². The molecule has 0 unspecified atom stereocenters. The topological polar surface area (TPSA) is 49.8 Å². The average molecular weight is 200 g/mol. The van der Waals surface area contributed by atoms with Gasteiger partial charge in [0.1, 0.15) is 11.6 Å². The lowest BCUT2D eigenvalue weighted by atomic mass is 10.3. The van der Waals surface area contributed by atoms with E-state index >= 15 is 0 Å². The first-order valence-electron chi connectivity index (χ1n) is 3.39. The maximum atomic E-state index is 12.8. The minimum Gasteiger partial charge on any atom is -0.395 e. The summed E-state index contributed by atoms with van der Waals surface area (Å²) in [6.45, 7) is 0. The second-order valence-corrected chi connectivity index (χ2v) is 3.26. The lowest BCUT2D eigenvalue weighted by molar-refractivity contribution is 0.581. The number of hydrogen-bond acceptors (Lipinski definition) is 3. The quantitative estimate of drug-likeness (QED) is 0.588. The van der Waals surface area contributed by atoms with E-state index in [9.17, 15) is 8.78 Å². The Hall–Kier alpha value is -1.28. The van der Waals surface area contributed by atoms with E-state index in [0.29, 0.717) is 6.07 Å². The molecule has 1 aromatic carbocycles. The van der Waals surface area contributed by atoms with Gasteiger partial charge in [-0.25, -0.2) is 8.78 Å². The number of anilines is 1. The summed E-state index contributed by atoms with van der Waals surface area (Å²) in [4.78, 5) is 0.263. The Balaban J connectivity index is 3.00. The first kappa shape index (κ1) is 9.81. The van der Waals surface area contributed by atoms with Crippen LogP contribution in [-0.4, -0.2) is 5.75 Å². The van der Waals surface area contributed by atoms with E-state index in [1.807, 2.05) is 6.07 Å². The van der Waals surface area contributed by atoms with Crippen LogP contribution in [0.5, 0.6) is 0 Å². The second kappa shape index (κ2) is 4.10. The van der Waals surface area contributed by atoms with Crippen LogP contribution in [0.25, 0.3) is 0 Å². The van der Waals surface area contributed by atoms with Crippen LogP contribution in [0.15, 0.2) is 17.0 Å². The highest BCUT2D eigenvalue weighted by atomic mass is 32.2. The van der Waals surface area contributed by atoms with Crippen LogP contribution in [0.4, 0.5) is 14.5 Å². The molecule has 0 saturated heterocycles. The molecule has 1 rings (SSSR count). The summed E-state index contributed by atoms with van der Waals surface area (Å²) in [6.07, 6.45) is 0. The zero-order valence-corrected chi connectivity index (χ0v) is 7.37. The van der Waals surface area contributed by atoms with Gasteiger partial charge in [-0.15, -0.1) is 11.8 Å². The monoisotopic (exact) mass is 200 g/mol. The summed E-state index contributed by atoms with van der Waals surface area (Å²) >= 11 is 1.01. The minimum atomic E-state index is -0.791. The fourth-order valence-corrected chi connectivity index (χ4v) is 1.46. The van der Waals surface area contributed by atoms with E-state index in [1.54, 1.807) is 0 Å². The highest BCUT2D eigenvalue weighted by molar-refractivity contribution is 7.99. The van der Waals surface area contributed by atoms with Gasteiger partial charge >= 0.3 is 0 Å². The SMILES string of the molecule is N#CCSc1cc(F)cc(F)c1N. The third-order valence-electron chi connectivity index (χ3n) is 1.35. The van der Waals surface area contributed by atoms with Crippen molar-refractivity contribution in [2.75, 3.05) is 11.5 Å². The average Bonchev–Trinajstić information content (AvgIpc) is 2.09. The molecule has 0 saturated carbocycles. The van der Waals surface area contributed by atoms with Gasteiger partial charge < -0.3 is 5.73 Å². The van der Waals surface area contributed by atoms with E-state index in [2.05, 4.69) is 0 Å². The summed E-state index contributed by atoms with van der Waals surface area (Å²) in [5.41, 5.74) is 5.21. The Labute approximate surface area is 78.3 Å². The van der Waals surface area contributed by atoms with Gasteiger partial charge in [0.2, 0.25) is 0 Å². The van der Waals surface area contributed by atoms with Crippen LogP contribution >= 0.6 is 11.8 Å². The summed E-state index contributed by atoms with van der Waals surface area (Å²) in [5, 5.41) is 8.26. The molecule has 1 aromatic rings. The number of benzene rings is 1. The third kappa shape index (κ3) is 2.33. The van der Waals surface area contributed by atoms with Gasteiger partial charge in [-0.2, -0.15) is 5.26 Å². The Kier molecular flexibility index (Phi) is 3.09. The Bertz CT molecular complexity index is 360. The van der Waals surface area contributed by atoms with E-state index < -0.39 is 11.6 Å². The number of thioether (sulfide) groups is 1. The summed E-state index contributed by atoms with van der Waals surface area (Å²) in [6, 6.07) is 3.67. The molecule has 0 aliphatic carbocycles. The molecular weight excluding hydrogens is 194 g/mol. The molecule has 0 aliphatic rings. The summed E-state index contributed by atoms with van der Waals surface area (Å²) in [7, 11) is 0. The van der Waals surface area contributed by atoms with E-state index in [1.165, 1.54) is 0 Å². The lowest BCUT2D eigenvalue weighted by Gasteiger charge is -2.03. The smallest absolute Gasteiger partial charge is 0.150 e. The number of halogens is 2. The van der Waals surface area contributed by atoms with Gasteiger partial charge in [0.25, 0.3) is 0 Å². The van der Waals surface area contributed by atoms with E-state index in [0.717, 1.165) is 17.8 Å². The second-order valence-electron chi connectivity index (χ2n) is 2.25. The number of hydrogen-bond donors (Lipinski definition) is 1. The molecule has 0 radical (unpaired) electrons. The summed E-state index contributed by atoms with van der Waals surface area (Å²) in [5.74, 6) is -1.36. The van der Waals surface area contributed by atoms with Crippen LogP contribution in [0.2, 0.25) is 0 Å². The van der Waals surface area contributed by atoms with Crippen LogP contribution in [-0.2, 0) is 0 Å². The van der Waals surface area contributed by atoms with Crippen molar-refractivity contribution in [3.8, 4) is 6.07 Å². The van der Waals surface area contributed by atoms with Gasteiger partial charge in [0.05, 0.1) is 17.5 Å². The highest BCUT2D eigenvalue weighted by Gasteiger charge is 2.07. The molecule has 0 atom stereocenters. The van der Waals surface area contributed by atoms with Crippen molar-refractivity contribution >= 4 is 17.4 Å². The van der Waals surface area contributed by atoms with Crippen molar-refractivity contribution in [2.24, 2.45) is 0 Å². The zero-order valence-electron chi connectivity index (χ0n) is 6.55. The molecule has 0 amide bonds. The van der Waals surface area contributed by atoms with Gasteiger partial charge in [-0.1, -0.05) is 0 Å². The Morgan fingerprint density at radius 1 is 1.46 bits per heavy atom. The molecule has 0 aromatic heterocycles. The maximum Gasteiger partial charge on any atom is 0.150 e. The van der Waals surface area contributed by atoms with Gasteiger partial charge in [-0.05, 0) is 6.07 Å². The van der Waals surface area contributed by atoms with Crippen molar-refractivity contribution in [3.63, 3.8) is 0 Å². The number of nitriles is 1. The van der Waals surface area contributed by atoms with Crippen molar-refractivity contribution in [1.82, 2.24) is 0 Å². The van der Waals surface area contributed by atoms with Crippen molar-refractivity contribution in [3.05, 3.63) is 23.8 Å². The normalized spacial score (nSPS) is 9.62. The van der Waals surface area contributed by atoms with Crippen molar-refractivity contribution < 1.29 is 8.78 Å². The van der Waals surface area contributed by atoms with Gasteiger partial charge in [0.15, 0.2) is 0 Å². The Morgan fingerprint density at radius 2 is 2.15 bits per heavy atom. The first-order valence-corrected chi connectivity index (χ1v) is 4.38. The molecule has 2 N–H and O–H groups in total. The van der Waals surface area contributed by atoms with Crippen molar-refractivity contribution in [1.29, 1.82) is 5.26 Å². The predicted octanol–water partition coefficient (Wildman–Crippen LogP) is 2.16. The molecule has 68 valence electrons. The van der Waals surface area contributed by atoms with Gasteiger partial charge in [-0.3, -0.25) is 0 Å². The molecular formula is C8H6F2N2S. The lowest BCUT2D eigenvalue weighted by Crippen LogP contribution is -1.95. The predicted molar refractivity (Wildman–Crippen MR) is 47.1 cm³/mol. The number of nitrogen functional groups attached to an aromatic ring is 1. The molecule has 0 spiro atoms. The molecule has 5 heteroatoms. The van der Waals surface area contributed by atoms with Crippen LogP contribution in [0, 0.1) is 23.0 Å². The molecule has 0 fully saturated rings. The number of nitrogens with two attached hydrogens (primary N) is 1. The molecule has 0 bridgehead atoms. The van der Waals surface area contributed by atoms with Gasteiger partial charge in [0, 0.05) is 11.0 Å². The summed E-state index contributed by atoms with van der Waals surface area (Å²) < 4.78 is 25.4. The zero-order chi connectivity index (χ0) is 9.84. The third-order valence-corrected chi connectivity index (χ3v) is 2.27. The molecule has 0 heterocycles. The minimum absolute atomic E-state index is 0.110. The van der Waals surface area contributed by atoms with E-state index in [4.69, 9.17) is 11.0 Å². The van der Waals surface area contributed by atoms with Crippen LogP contribution < -0.4 is 5.73 Å². The highest BCUT2D eigenvalue weighted by Crippen LogP contribution is 2.27. The maximum absolute atomic E-state index is 12.8. The number of nitrogens with zero attached hydrogens (tertiary/aromatic N) is 1. The van der Waals surface area contributed by atoms with Crippen LogP contribution in [0.3, 0.4) is 0 Å². The van der Waals surface area contributed by atoms with Crippen LogP contribution in [0.1, 0.15) is 0 Å². The first-order chi connectivity index (χ1) is 6.15. The standard InChI is InChI=1S/C8H6F2N2S/c9-5-3-6(10)8(12)7(4-5)13-2-1-11/h3-4H,2,12H2. The molecule has 13 heavy (non-hydrogen) atoms. The largest absolute Gasteiger partial charge is 0.395 e.